The molecule has 0 spiro atoms. The van der Waals surface area contributed by atoms with Gasteiger partial charge < -0.3 is 31.1 Å². The number of ketones is 2. The molecule has 10 nitrogen and oxygen atoms in total. The lowest BCUT2D eigenvalue weighted by molar-refractivity contribution is -0.148. The summed E-state index contributed by atoms with van der Waals surface area (Å²) in [6, 6.07) is 6.50. The lowest BCUT2D eigenvalue weighted by atomic mass is 9.58. The summed E-state index contributed by atoms with van der Waals surface area (Å²) >= 11 is 0. The number of carbonyl (C=O) groups is 3. The van der Waals surface area contributed by atoms with E-state index < -0.39 is 58.0 Å². The molecular formula is C31H35N3O7. The maximum absolute atomic E-state index is 14.2. The van der Waals surface area contributed by atoms with Crippen molar-refractivity contribution in [1.29, 1.82) is 0 Å². The summed E-state index contributed by atoms with van der Waals surface area (Å²) in [5.41, 5.74) is 6.22. The fourth-order valence-electron chi connectivity index (χ4n) is 6.83. The molecule has 2 aromatic rings. The SMILES string of the molecule is Cc1ccc(-c2cc(N(C)C)c3c(c2O)C(=O)C2=C(O)C4(O)C(=O)C(C(N)=O)=C(O)C(N(C)C)C4CC2C3)cc1C. The van der Waals surface area contributed by atoms with E-state index in [1.165, 1.54) is 4.90 Å². The van der Waals surface area contributed by atoms with Crippen molar-refractivity contribution in [1.82, 2.24) is 4.90 Å². The van der Waals surface area contributed by atoms with Gasteiger partial charge in [-0.05, 0) is 75.0 Å². The molecule has 4 atom stereocenters. The Bertz CT molecular complexity index is 1600. The third-order valence-electron chi connectivity index (χ3n) is 9.00. The van der Waals surface area contributed by atoms with Crippen LogP contribution in [-0.4, -0.2) is 82.6 Å². The second-order valence-corrected chi connectivity index (χ2v) is 11.8. The molecule has 1 amide bonds. The topological polar surface area (TPSA) is 165 Å². The highest BCUT2D eigenvalue weighted by molar-refractivity contribution is 6.25. The van der Waals surface area contributed by atoms with E-state index in [2.05, 4.69) is 0 Å². The van der Waals surface area contributed by atoms with E-state index in [9.17, 15) is 34.8 Å². The Morgan fingerprint density at radius 3 is 2.24 bits per heavy atom. The van der Waals surface area contributed by atoms with Gasteiger partial charge in [-0.2, -0.15) is 0 Å². The smallest absolute Gasteiger partial charge is 0.255 e. The van der Waals surface area contributed by atoms with Crippen LogP contribution in [0.15, 0.2) is 46.9 Å². The van der Waals surface area contributed by atoms with Crippen LogP contribution in [0, 0.1) is 25.7 Å². The molecule has 41 heavy (non-hydrogen) atoms. The molecule has 6 N–H and O–H groups in total. The van der Waals surface area contributed by atoms with Gasteiger partial charge in [0.1, 0.15) is 22.8 Å². The van der Waals surface area contributed by atoms with Crippen molar-refractivity contribution in [3.8, 4) is 16.9 Å². The molecule has 216 valence electrons. The maximum atomic E-state index is 14.2. The fraction of sp³-hybridized carbons (Fsp3) is 0.387. The molecule has 0 radical (unpaired) electrons. The molecule has 10 heteroatoms. The van der Waals surface area contributed by atoms with Gasteiger partial charge in [0.2, 0.25) is 5.78 Å². The number of aliphatic hydroxyl groups is 3. The summed E-state index contributed by atoms with van der Waals surface area (Å²) in [5, 5.41) is 45.8. The number of benzene rings is 2. The van der Waals surface area contributed by atoms with Gasteiger partial charge in [-0.25, -0.2) is 0 Å². The van der Waals surface area contributed by atoms with Crippen molar-refractivity contribution in [2.24, 2.45) is 17.6 Å². The van der Waals surface area contributed by atoms with Crippen LogP contribution in [0.1, 0.15) is 33.5 Å². The highest BCUT2D eigenvalue weighted by Crippen LogP contribution is 2.54. The largest absolute Gasteiger partial charge is 0.510 e. The summed E-state index contributed by atoms with van der Waals surface area (Å²) in [6.45, 7) is 3.93. The van der Waals surface area contributed by atoms with Gasteiger partial charge in [-0.3, -0.25) is 19.3 Å². The number of anilines is 1. The average molecular weight is 562 g/mol. The number of likely N-dealkylation sites (N-methyl/N-ethyl adjacent to an activating group) is 1. The predicted octanol–water partition coefficient (Wildman–Crippen LogP) is 2.47. The van der Waals surface area contributed by atoms with Crippen molar-refractivity contribution in [2.45, 2.75) is 38.3 Å². The van der Waals surface area contributed by atoms with Crippen LogP contribution in [0.5, 0.6) is 5.75 Å². The van der Waals surface area contributed by atoms with Crippen LogP contribution < -0.4 is 10.6 Å². The van der Waals surface area contributed by atoms with Crippen molar-refractivity contribution < 1.29 is 34.8 Å². The molecule has 0 saturated carbocycles. The number of phenols is 1. The van der Waals surface area contributed by atoms with E-state index in [0.717, 1.165) is 11.1 Å². The Balaban J connectivity index is 1.76. The molecule has 4 unspecified atom stereocenters. The van der Waals surface area contributed by atoms with Crippen LogP contribution in [0.25, 0.3) is 11.1 Å². The van der Waals surface area contributed by atoms with E-state index in [0.29, 0.717) is 22.4 Å². The lowest BCUT2D eigenvalue weighted by Gasteiger charge is -2.50. The number of allylic oxidation sites excluding steroid dienone is 1. The van der Waals surface area contributed by atoms with E-state index in [1.807, 2.05) is 57.1 Å². The molecule has 5 rings (SSSR count). The fourth-order valence-corrected chi connectivity index (χ4v) is 6.83. The molecule has 0 bridgehead atoms. The molecule has 0 fully saturated rings. The number of phenolic OH excluding ortho intramolecular Hbond substituents is 1. The number of carbonyl (C=O) groups excluding carboxylic acids is 3. The number of nitrogens with two attached hydrogens (primary N) is 1. The molecule has 3 aliphatic rings. The van der Waals surface area contributed by atoms with Crippen LogP contribution in [0.4, 0.5) is 5.69 Å². The number of aliphatic hydroxyl groups excluding tert-OH is 2. The predicted molar refractivity (Wildman–Crippen MR) is 153 cm³/mol. The van der Waals surface area contributed by atoms with Crippen molar-refractivity contribution in [3.63, 3.8) is 0 Å². The quantitative estimate of drug-likeness (QED) is 0.353. The summed E-state index contributed by atoms with van der Waals surface area (Å²) in [4.78, 5) is 43.3. The van der Waals surface area contributed by atoms with Gasteiger partial charge in [0, 0.05) is 36.8 Å². The number of primary amides is 1. The zero-order chi connectivity index (χ0) is 30.3. The van der Waals surface area contributed by atoms with Gasteiger partial charge in [-0.15, -0.1) is 0 Å². The highest BCUT2D eigenvalue weighted by Gasteiger charge is 2.63. The third kappa shape index (κ3) is 3.88. The molecule has 3 aliphatic carbocycles. The van der Waals surface area contributed by atoms with Crippen LogP contribution in [0.2, 0.25) is 0 Å². The Kier molecular flexibility index (Phi) is 6.55. The molecule has 0 saturated heterocycles. The average Bonchev–Trinajstić information content (AvgIpc) is 2.87. The van der Waals surface area contributed by atoms with Gasteiger partial charge in [0.05, 0.1) is 11.6 Å². The van der Waals surface area contributed by atoms with Gasteiger partial charge >= 0.3 is 0 Å². The maximum Gasteiger partial charge on any atom is 0.255 e. The van der Waals surface area contributed by atoms with E-state index in [4.69, 9.17) is 5.73 Å². The van der Waals surface area contributed by atoms with Crippen LogP contribution in [-0.2, 0) is 16.0 Å². The number of hydrogen-bond donors (Lipinski definition) is 5. The molecule has 2 aromatic carbocycles. The van der Waals surface area contributed by atoms with E-state index >= 15 is 0 Å². The number of aromatic hydroxyl groups is 1. The number of Topliss-reactive ketones (excluding diaryl/α,β-unsaturated/α-hetero) is 2. The third-order valence-corrected chi connectivity index (χ3v) is 9.00. The minimum atomic E-state index is -2.67. The first-order chi connectivity index (χ1) is 19.1. The number of rotatable bonds is 4. The number of fused-ring (bicyclic) bond motifs is 3. The number of amides is 1. The van der Waals surface area contributed by atoms with E-state index in [-0.39, 0.29) is 29.7 Å². The normalized spacial score (nSPS) is 25.7. The Labute approximate surface area is 238 Å². The molecule has 0 aromatic heterocycles. The van der Waals surface area contributed by atoms with Crippen molar-refractivity contribution in [3.05, 3.63) is 69.2 Å². The first-order valence-electron chi connectivity index (χ1n) is 13.4. The Morgan fingerprint density at radius 1 is 1.02 bits per heavy atom. The first kappa shape index (κ1) is 28.4. The number of aryl methyl sites for hydroxylation is 2. The Hall–Kier alpha value is -4.15. The summed E-state index contributed by atoms with van der Waals surface area (Å²) in [6.07, 6.45) is 0.265. The monoisotopic (exact) mass is 561 g/mol. The van der Waals surface area contributed by atoms with Gasteiger partial charge in [0.25, 0.3) is 5.91 Å². The molecular weight excluding hydrogens is 526 g/mol. The second-order valence-electron chi connectivity index (χ2n) is 11.8. The van der Waals surface area contributed by atoms with Crippen molar-refractivity contribution in [2.75, 3.05) is 33.1 Å². The van der Waals surface area contributed by atoms with Gasteiger partial charge in [0.15, 0.2) is 11.4 Å². The van der Waals surface area contributed by atoms with Crippen molar-refractivity contribution >= 4 is 23.2 Å². The van der Waals surface area contributed by atoms with Crippen LogP contribution in [0.3, 0.4) is 0 Å². The van der Waals surface area contributed by atoms with Gasteiger partial charge in [-0.1, -0.05) is 18.2 Å². The van der Waals surface area contributed by atoms with E-state index in [1.54, 1.807) is 14.1 Å². The standard InChI is InChI=1S/C31H35N3O7/c1-13-7-8-15(9-14(13)2)17-12-20(33(3)4)18-10-16-11-19-24(34(5)6)27(37)23(30(32)40)29(39)31(19,41)28(38)21(16)26(36)22(18)25(17)35/h7-9,12,16,19,24,35,37-38,41H,10-11H2,1-6H3,(H2,32,40). The number of hydrogen-bond acceptors (Lipinski definition) is 9. The lowest BCUT2D eigenvalue weighted by Crippen LogP contribution is -2.63. The highest BCUT2D eigenvalue weighted by atomic mass is 16.3. The minimum Gasteiger partial charge on any atom is -0.510 e. The van der Waals surface area contributed by atoms with Crippen LogP contribution >= 0.6 is 0 Å². The zero-order valence-electron chi connectivity index (χ0n) is 23.9. The number of nitrogens with zero attached hydrogens (tertiary/aromatic N) is 2. The Morgan fingerprint density at radius 2 is 1.68 bits per heavy atom. The summed E-state index contributed by atoms with van der Waals surface area (Å²) in [7, 11) is 6.87. The minimum absolute atomic E-state index is 0.00906. The summed E-state index contributed by atoms with van der Waals surface area (Å²) < 4.78 is 0. The first-order valence-corrected chi connectivity index (χ1v) is 13.4. The molecule has 0 aliphatic heterocycles. The second kappa shape index (κ2) is 9.46. The summed E-state index contributed by atoms with van der Waals surface area (Å²) in [5.74, 6) is -6.65. The molecule has 0 heterocycles. The zero-order valence-corrected chi connectivity index (χ0v) is 23.9.